The van der Waals surface area contributed by atoms with Crippen molar-refractivity contribution < 1.29 is 13.6 Å². The molecule has 0 spiro atoms. The first-order valence-corrected chi connectivity index (χ1v) is 8.21. The molecule has 0 aliphatic rings. The van der Waals surface area contributed by atoms with Gasteiger partial charge < -0.3 is 19.9 Å². The summed E-state index contributed by atoms with van der Waals surface area (Å²) in [5.74, 6) is 0.250. The van der Waals surface area contributed by atoms with Gasteiger partial charge in [-0.25, -0.2) is 4.98 Å². The number of nitrogen functional groups attached to an aromatic ring is 1. The maximum atomic E-state index is 12.6. The number of carbonyl (C=O) groups is 1. The van der Waals surface area contributed by atoms with Gasteiger partial charge in [0.15, 0.2) is 11.5 Å². The van der Waals surface area contributed by atoms with Crippen LogP contribution >= 0.6 is 0 Å². The van der Waals surface area contributed by atoms with Gasteiger partial charge in [-0.05, 0) is 42.5 Å². The van der Waals surface area contributed by atoms with Crippen molar-refractivity contribution in [3.05, 3.63) is 77.6 Å². The summed E-state index contributed by atoms with van der Waals surface area (Å²) in [4.78, 5) is 16.8. The number of rotatable bonds is 4. The standard InChI is InChI=1S/C20H16N4O3/c1-11-23-17-5-2-12(8-18(17)27-11)20(25)24-14-3-4-16(21)15(9-14)19(22)13-6-7-26-10-13/h2-10,22H,21H2,1H3,(H,24,25). The van der Waals surface area contributed by atoms with Crippen LogP contribution in [0, 0.1) is 12.3 Å². The summed E-state index contributed by atoms with van der Waals surface area (Å²) in [5.41, 5.74) is 10.0. The van der Waals surface area contributed by atoms with Gasteiger partial charge in [-0.1, -0.05) is 0 Å². The summed E-state index contributed by atoms with van der Waals surface area (Å²) in [5, 5.41) is 11.1. The minimum atomic E-state index is -0.295. The second-order valence-corrected chi connectivity index (χ2v) is 6.06. The SMILES string of the molecule is Cc1nc2ccc(C(=O)Nc3ccc(N)c(C(=N)c4ccoc4)c3)cc2o1. The Hall–Kier alpha value is -3.87. The van der Waals surface area contributed by atoms with Crippen LogP contribution in [0.1, 0.15) is 27.4 Å². The van der Waals surface area contributed by atoms with Gasteiger partial charge in [0.1, 0.15) is 5.52 Å². The number of hydrogen-bond donors (Lipinski definition) is 3. The van der Waals surface area contributed by atoms with Crippen LogP contribution in [0.2, 0.25) is 0 Å². The number of fused-ring (bicyclic) bond motifs is 1. The zero-order valence-electron chi connectivity index (χ0n) is 14.4. The largest absolute Gasteiger partial charge is 0.472 e. The molecule has 0 aliphatic heterocycles. The van der Waals surface area contributed by atoms with Crippen molar-refractivity contribution in [2.45, 2.75) is 6.92 Å². The molecule has 0 atom stereocenters. The maximum Gasteiger partial charge on any atom is 0.255 e. The van der Waals surface area contributed by atoms with Crippen molar-refractivity contribution in [3.8, 4) is 0 Å². The van der Waals surface area contributed by atoms with E-state index in [4.69, 9.17) is 20.0 Å². The van der Waals surface area contributed by atoms with E-state index in [0.717, 1.165) is 0 Å². The van der Waals surface area contributed by atoms with E-state index < -0.39 is 0 Å². The number of benzene rings is 2. The minimum Gasteiger partial charge on any atom is -0.472 e. The topological polar surface area (TPSA) is 118 Å². The van der Waals surface area contributed by atoms with Crippen LogP contribution in [-0.2, 0) is 0 Å². The number of carbonyl (C=O) groups excluding carboxylic acids is 1. The smallest absolute Gasteiger partial charge is 0.255 e. The molecule has 7 heteroatoms. The molecule has 0 fully saturated rings. The third-order valence-electron chi connectivity index (χ3n) is 4.15. The Morgan fingerprint density at radius 1 is 1.15 bits per heavy atom. The number of nitrogens with zero attached hydrogens (tertiary/aromatic N) is 1. The Morgan fingerprint density at radius 2 is 2.00 bits per heavy atom. The third-order valence-corrected chi connectivity index (χ3v) is 4.15. The number of furan rings is 1. The lowest BCUT2D eigenvalue weighted by Gasteiger charge is -2.10. The first-order valence-electron chi connectivity index (χ1n) is 8.21. The number of nitrogens with two attached hydrogens (primary N) is 1. The lowest BCUT2D eigenvalue weighted by Crippen LogP contribution is -2.13. The summed E-state index contributed by atoms with van der Waals surface area (Å²) in [7, 11) is 0. The number of amides is 1. The zero-order valence-corrected chi connectivity index (χ0v) is 14.4. The molecular formula is C20H16N4O3. The fourth-order valence-corrected chi connectivity index (χ4v) is 2.80. The molecule has 134 valence electrons. The van der Waals surface area contributed by atoms with Gasteiger partial charge in [0.05, 0.1) is 18.2 Å². The molecule has 0 saturated heterocycles. The van der Waals surface area contributed by atoms with Gasteiger partial charge in [-0.2, -0.15) is 0 Å². The van der Waals surface area contributed by atoms with Gasteiger partial charge >= 0.3 is 0 Å². The van der Waals surface area contributed by atoms with E-state index in [-0.39, 0.29) is 11.6 Å². The molecule has 4 rings (SSSR count). The number of oxazole rings is 1. The summed E-state index contributed by atoms with van der Waals surface area (Å²) in [6.45, 7) is 1.75. The molecule has 2 heterocycles. The van der Waals surface area contributed by atoms with E-state index >= 15 is 0 Å². The number of aromatic nitrogens is 1. The van der Waals surface area contributed by atoms with E-state index in [1.54, 1.807) is 49.4 Å². The molecule has 7 nitrogen and oxygen atoms in total. The highest BCUT2D eigenvalue weighted by Crippen LogP contribution is 2.23. The lowest BCUT2D eigenvalue weighted by atomic mass is 10.0. The fraction of sp³-hybridized carbons (Fsp3) is 0.0500. The monoisotopic (exact) mass is 360 g/mol. The van der Waals surface area contributed by atoms with Gasteiger partial charge in [-0.3, -0.25) is 10.2 Å². The molecule has 0 aliphatic carbocycles. The van der Waals surface area contributed by atoms with Crippen molar-refractivity contribution in [1.29, 1.82) is 5.41 Å². The van der Waals surface area contributed by atoms with E-state index in [2.05, 4.69) is 10.3 Å². The molecule has 0 bridgehead atoms. The Balaban J connectivity index is 1.60. The predicted octanol–water partition coefficient (Wildman–Crippen LogP) is 3.98. The Bertz CT molecular complexity index is 1160. The van der Waals surface area contributed by atoms with E-state index in [0.29, 0.717) is 45.1 Å². The molecular weight excluding hydrogens is 344 g/mol. The molecule has 4 aromatic rings. The van der Waals surface area contributed by atoms with Gasteiger partial charge in [0.2, 0.25) is 0 Å². The first kappa shape index (κ1) is 16.6. The van der Waals surface area contributed by atoms with Crippen LogP contribution in [0.3, 0.4) is 0 Å². The van der Waals surface area contributed by atoms with Crippen LogP contribution < -0.4 is 11.1 Å². The number of anilines is 2. The van der Waals surface area contributed by atoms with Crippen molar-refractivity contribution in [2.24, 2.45) is 0 Å². The lowest BCUT2D eigenvalue weighted by molar-refractivity contribution is 0.102. The summed E-state index contributed by atoms with van der Waals surface area (Å²) >= 11 is 0. The molecule has 0 saturated carbocycles. The average molecular weight is 360 g/mol. The molecule has 1 amide bonds. The zero-order chi connectivity index (χ0) is 19.0. The average Bonchev–Trinajstić information content (AvgIpc) is 3.30. The Morgan fingerprint density at radius 3 is 2.78 bits per heavy atom. The van der Waals surface area contributed by atoms with E-state index in [9.17, 15) is 4.79 Å². The molecule has 0 unspecified atom stereocenters. The van der Waals surface area contributed by atoms with Crippen LogP contribution in [0.5, 0.6) is 0 Å². The van der Waals surface area contributed by atoms with Crippen LogP contribution in [0.25, 0.3) is 11.1 Å². The van der Waals surface area contributed by atoms with Crippen molar-refractivity contribution >= 4 is 34.1 Å². The van der Waals surface area contributed by atoms with Crippen molar-refractivity contribution in [3.63, 3.8) is 0 Å². The highest BCUT2D eigenvalue weighted by Gasteiger charge is 2.13. The van der Waals surface area contributed by atoms with Crippen molar-refractivity contribution in [2.75, 3.05) is 11.1 Å². The van der Waals surface area contributed by atoms with Crippen molar-refractivity contribution in [1.82, 2.24) is 4.98 Å². The van der Waals surface area contributed by atoms with Crippen LogP contribution in [0.4, 0.5) is 11.4 Å². The third kappa shape index (κ3) is 3.18. The van der Waals surface area contributed by atoms with E-state index in [1.165, 1.54) is 12.5 Å². The molecule has 2 aromatic heterocycles. The van der Waals surface area contributed by atoms with E-state index in [1.807, 2.05) is 0 Å². The van der Waals surface area contributed by atoms with Gasteiger partial charge in [0.25, 0.3) is 5.91 Å². The first-order chi connectivity index (χ1) is 13.0. The normalized spacial score (nSPS) is 10.9. The molecule has 4 N–H and O–H groups in total. The van der Waals surface area contributed by atoms with Crippen LogP contribution in [0.15, 0.2) is 63.8 Å². The quantitative estimate of drug-likeness (QED) is 0.376. The highest BCUT2D eigenvalue weighted by atomic mass is 16.3. The summed E-state index contributed by atoms with van der Waals surface area (Å²) < 4.78 is 10.5. The molecule has 0 radical (unpaired) electrons. The molecule has 2 aromatic carbocycles. The fourth-order valence-electron chi connectivity index (χ4n) is 2.80. The van der Waals surface area contributed by atoms with Gasteiger partial charge in [0, 0.05) is 35.0 Å². The summed E-state index contributed by atoms with van der Waals surface area (Å²) in [6.07, 6.45) is 2.97. The van der Waals surface area contributed by atoms with Crippen LogP contribution in [-0.4, -0.2) is 16.6 Å². The summed E-state index contributed by atoms with van der Waals surface area (Å²) in [6, 6.07) is 11.8. The van der Waals surface area contributed by atoms with Gasteiger partial charge in [-0.15, -0.1) is 0 Å². The maximum absolute atomic E-state index is 12.6. The minimum absolute atomic E-state index is 0.218. The second kappa shape index (κ2) is 6.45. The predicted molar refractivity (Wildman–Crippen MR) is 102 cm³/mol. The number of aryl methyl sites for hydroxylation is 1. The Kier molecular flexibility index (Phi) is 3.97. The number of nitrogens with one attached hydrogen (secondary N) is 2. The number of hydrogen-bond acceptors (Lipinski definition) is 6. The highest BCUT2D eigenvalue weighted by molar-refractivity contribution is 6.14. The second-order valence-electron chi connectivity index (χ2n) is 6.06. The Labute approximate surface area is 154 Å². The molecule has 27 heavy (non-hydrogen) atoms.